The van der Waals surface area contributed by atoms with Crippen LogP contribution in [0.5, 0.6) is 0 Å². The van der Waals surface area contributed by atoms with Crippen molar-refractivity contribution in [3.05, 3.63) is 87.6 Å². The van der Waals surface area contributed by atoms with Crippen molar-refractivity contribution < 1.29 is 18.0 Å². The predicted octanol–water partition coefficient (Wildman–Crippen LogP) is 4.16. The van der Waals surface area contributed by atoms with Crippen LogP contribution >= 0.6 is 0 Å². The minimum Gasteiger partial charge on any atom is -0.318 e. The van der Waals surface area contributed by atoms with Crippen molar-refractivity contribution in [3.8, 4) is 5.69 Å². The van der Waals surface area contributed by atoms with Gasteiger partial charge in [-0.05, 0) is 44.2 Å². The van der Waals surface area contributed by atoms with Gasteiger partial charge in [0.2, 0.25) is 0 Å². The first-order valence-electron chi connectivity index (χ1n) is 8.23. The Bertz CT molecular complexity index is 1060. The molecular weight excluding hydrogens is 357 g/mol. The van der Waals surface area contributed by atoms with E-state index < -0.39 is 11.7 Å². The number of hydrogen-bond donors (Lipinski definition) is 0. The summed E-state index contributed by atoms with van der Waals surface area (Å²) in [7, 11) is 0. The summed E-state index contributed by atoms with van der Waals surface area (Å²) in [5.41, 5.74) is 0.821. The van der Waals surface area contributed by atoms with Gasteiger partial charge in [-0.15, -0.1) is 0 Å². The average molecular weight is 374 g/mol. The number of rotatable bonds is 4. The Labute approximate surface area is 153 Å². The molecule has 4 nitrogen and oxygen atoms in total. The molecule has 1 aromatic carbocycles. The first-order valence-corrected chi connectivity index (χ1v) is 8.23. The van der Waals surface area contributed by atoms with Crippen LogP contribution in [0.4, 0.5) is 13.2 Å². The smallest absolute Gasteiger partial charge is 0.318 e. The highest BCUT2D eigenvalue weighted by molar-refractivity contribution is 5.97. The highest BCUT2D eigenvalue weighted by atomic mass is 19.4. The number of pyridine rings is 1. The molecule has 0 saturated heterocycles. The second-order valence-electron chi connectivity index (χ2n) is 6.26. The standard InChI is InChI=1S/C20H17F3N2O2/c1-13-10-17(18(26)12-24-9-4-3-8-19(24)27)14(2)25(13)16-7-5-6-15(11-16)20(21,22)23/h3-11H,12H2,1-2H3. The molecule has 3 aromatic rings. The Balaban J connectivity index is 1.99. The number of nitrogens with zero attached hydrogens (tertiary/aromatic N) is 2. The van der Waals surface area contributed by atoms with Gasteiger partial charge in [-0.3, -0.25) is 9.59 Å². The summed E-state index contributed by atoms with van der Waals surface area (Å²) >= 11 is 0. The van der Waals surface area contributed by atoms with Gasteiger partial charge in [0.25, 0.3) is 5.56 Å². The van der Waals surface area contributed by atoms with Gasteiger partial charge in [0, 0.05) is 34.9 Å². The summed E-state index contributed by atoms with van der Waals surface area (Å²) in [5.74, 6) is -0.283. The predicted molar refractivity (Wildman–Crippen MR) is 95.3 cm³/mol. The molecule has 0 aliphatic heterocycles. The fourth-order valence-corrected chi connectivity index (χ4v) is 3.09. The average Bonchev–Trinajstić information content (AvgIpc) is 2.91. The first kappa shape index (κ1) is 18.7. The maximum atomic E-state index is 13.0. The molecule has 3 rings (SSSR count). The maximum Gasteiger partial charge on any atom is 0.416 e. The topological polar surface area (TPSA) is 44.0 Å². The number of hydrogen-bond acceptors (Lipinski definition) is 2. The molecule has 7 heteroatoms. The summed E-state index contributed by atoms with van der Waals surface area (Å²) in [6.07, 6.45) is -2.93. The van der Waals surface area contributed by atoms with E-state index in [0.29, 0.717) is 22.6 Å². The summed E-state index contributed by atoms with van der Waals surface area (Å²) in [4.78, 5) is 24.5. The van der Waals surface area contributed by atoms with Crippen molar-refractivity contribution in [2.45, 2.75) is 26.6 Å². The third-order valence-electron chi connectivity index (χ3n) is 4.38. The Morgan fingerprint density at radius 1 is 1.04 bits per heavy atom. The Morgan fingerprint density at radius 3 is 2.44 bits per heavy atom. The number of halogens is 3. The lowest BCUT2D eigenvalue weighted by molar-refractivity contribution is -0.137. The molecule has 27 heavy (non-hydrogen) atoms. The molecule has 0 saturated carbocycles. The fourth-order valence-electron chi connectivity index (χ4n) is 3.09. The Hall–Kier alpha value is -3.09. The number of ketones is 1. The van der Waals surface area contributed by atoms with E-state index in [-0.39, 0.29) is 17.9 Å². The van der Waals surface area contributed by atoms with Gasteiger partial charge >= 0.3 is 6.18 Å². The largest absolute Gasteiger partial charge is 0.416 e. The molecular formula is C20H17F3N2O2. The maximum absolute atomic E-state index is 13.0. The number of carbonyl (C=O) groups excluding carboxylic acids is 1. The molecule has 0 amide bonds. The lowest BCUT2D eigenvalue weighted by atomic mass is 10.1. The summed E-state index contributed by atoms with van der Waals surface area (Å²) in [5, 5.41) is 0. The Kier molecular flexibility index (Phi) is 4.78. The normalized spacial score (nSPS) is 11.6. The van der Waals surface area contributed by atoms with Crippen molar-refractivity contribution in [3.63, 3.8) is 0 Å². The van der Waals surface area contributed by atoms with Crippen LogP contribution in [0, 0.1) is 13.8 Å². The number of benzene rings is 1. The lowest BCUT2D eigenvalue weighted by Crippen LogP contribution is -2.22. The van der Waals surface area contributed by atoms with Crippen molar-refractivity contribution in [1.82, 2.24) is 9.13 Å². The van der Waals surface area contributed by atoms with Crippen LogP contribution in [0.15, 0.2) is 59.5 Å². The molecule has 0 radical (unpaired) electrons. The zero-order valence-corrected chi connectivity index (χ0v) is 14.7. The minimum absolute atomic E-state index is 0.132. The van der Waals surface area contributed by atoms with Crippen LogP contribution in [0.1, 0.15) is 27.3 Å². The van der Waals surface area contributed by atoms with Gasteiger partial charge in [0.05, 0.1) is 12.1 Å². The van der Waals surface area contributed by atoms with E-state index in [2.05, 4.69) is 0 Å². The van der Waals surface area contributed by atoms with E-state index in [4.69, 9.17) is 0 Å². The SMILES string of the molecule is Cc1cc(C(=O)Cn2ccccc2=O)c(C)n1-c1cccc(C(F)(F)F)c1. The minimum atomic E-state index is -4.45. The molecule has 0 unspecified atom stereocenters. The highest BCUT2D eigenvalue weighted by Crippen LogP contribution is 2.31. The van der Waals surface area contributed by atoms with Crippen molar-refractivity contribution >= 4 is 5.78 Å². The van der Waals surface area contributed by atoms with Gasteiger partial charge in [0.1, 0.15) is 0 Å². The third kappa shape index (κ3) is 3.72. The van der Waals surface area contributed by atoms with Crippen LogP contribution in [0.2, 0.25) is 0 Å². The van der Waals surface area contributed by atoms with E-state index in [1.54, 1.807) is 42.7 Å². The second-order valence-corrected chi connectivity index (χ2v) is 6.26. The molecule has 140 valence electrons. The molecule has 0 aliphatic rings. The van der Waals surface area contributed by atoms with Gasteiger partial charge < -0.3 is 9.13 Å². The number of aromatic nitrogens is 2. The number of aryl methyl sites for hydroxylation is 1. The molecule has 0 fully saturated rings. The van der Waals surface area contributed by atoms with Crippen LogP contribution < -0.4 is 5.56 Å². The molecule has 0 spiro atoms. The number of carbonyl (C=O) groups is 1. The van der Waals surface area contributed by atoms with Crippen molar-refractivity contribution in [2.24, 2.45) is 0 Å². The van der Waals surface area contributed by atoms with E-state index in [0.717, 1.165) is 12.1 Å². The first-order chi connectivity index (χ1) is 12.7. The van der Waals surface area contributed by atoms with E-state index in [1.807, 2.05) is 0 Å². The molecule has 2 heterocycles. The van der Waals surface area contributed by atoms with Gasteiger partial charge in [-0.25, -0.2) is 0 Å². The van der Waals surface area contributed by atoms with Gasteiger partial charge in [-0.2, -0.15) is 13.2 Å². The molecule has 2 aromatic heterocycles. The molecule has 0 bridgehead atoms. The van der Waals surface area contributed by atoms with Crippen molar-refractivity contribution in [1.29, 1.82) is 0 Å². The third-order valence-corrected chi connectivity index (χ3v) is 4.38. The monoisotopic (exact) mass is 374 g/mol. The number of Topliss-reactive ketones (excluding diaryl/α,β-unsaturated/α-hetero) is 1. The fraction of sp³-hybridized carbons (Fsp3) is 0.200. The summed E-state index contributed by atoms with van der Waals surface area (Å²) in [6, 6.07) is 11.2. The summed E-state index contributed by atoms with van der Waals surface area (Å²) in [6.45, 7) is 3.26. The van der Waals surface area contributed by atoms with Crippen LogP contribution in [0.25, 0.3) is 5.69 Å². The van der Waals surface area contributed by atoms with E-state index >= 15 is 0 Å². The molecule has 0 aliphatic carbocycles. The zero-order chi connectivity index (χ0) is 19.8. The van der Waals surface area contributed by atoms with Crippen molar-refractivity contribution in [2.75, 3.05) is 0 Å². The van der Waals surface area contributed by atoms with Crippen LogP contribution in [0.3, 0.4) is 0 Å². The lowest BCUT2D eigenvalue weighted by Gasteiger charge is -2.13. The number of alkyl halides is 3. The van der Waals surface area contributed by atoms with Crippen LogP contribution in [-0.2, 0) is 12.7 Å². The van der Waals surface area contributed by atoms with E-state index in [9.17, 15) is 22.8 Å². The van der Waals surface area contributed by atoms with Crippen LogP contribution in [-0.4, -0.2) is 14.9 Å². The zero-order valence-electron chi connectivity index (χ0n) is 14.7. The second kappa shape index (κ2) is 6.90. The Morgan fingerprint density at radius 2 is 1.78 bits per heavy atom. The highest BCUT2D eigenvalue weighted by Gasteiger charge is 2.30. The van der Waals surface area contributed by atoms with Gasteiger partial charge in [0.15, 0.2) is 5.78 Å². The van der Waals surface area contributed by atoms with E-state index in [1.165, 1.54) is 22.9 Å². The quantitative estimate of drug-likeness (QED) is 0.644. The summed E-state index contributed by atoms with van der Waals surface area (Å²) < 4.78 is 41.9. The van der Waals surface area contributed by atoms with Gasteiger partial charge in [-0.1, -0.05) is 12.1 Å². The molecule has 0 N–H and O–H groups in total. The molecule has 0 atom stereocenters.